The zero-order valence-corrected chi connectivity index (χ0v) is 31.5. The first-order valence-electron chi connectivity index (χ1n) is 17.6. The first-order chi connectivity index (χ1) is 24.3. The molecule has 0 radical (unpaired) electrons. The molecule has 3 N–H and O–H groups in total. The molecule has 2 aromatic rings. The van der Waals surface area contributed by atoms with Gasteiger partial charge in [0.25, 0.3) is 11.8 Å². The van der Waals surface area contributed by atoms with Gasteiger partial charge in [-0.3, -0.25) is 18.7 Å². The predicted octanol–water partition coefficient (Wildman–Crippen LogP) is 4.78. The van der Waals surface area contributed by atoms with Crippen LogP contribution in [-0.2, 0) is 44.7 Å². The van der Waals surface area contributed by atoms with E-state index >= 15 is 0 Å². The molecule has 13 nitrogen and oxygen atoms in total. The zero-order valence-electron chi connectivity index (χ0n) is 29.8. The second kappa shape index (κ2) is 13.6. The highest BCUT2D eigenvalue weighted by Gasteiger charge is 2.62. The lowest BCUT2D eigenvalue weighted by Crippen LogP contribution is -2.55. The van der Waals surface area contributed by atoms with E-state index in [1.807, 2.05) is 56.3 Å². The summed E-state index contributed by atoms with van der Waals surface area (Å²) in [4.78, 5) is 60.8. The highest BCUT2D eigenvalue weighted by Crippen LogP contribution is 2.57. The average Bonchev–Trinajstić information content (AvgIpc) is 3.75. The molecule has 2 unspecified atom stereocenters. The van der Waals surface area contributed by atoms with Crippen molar-refractivity contribution in [1.29, 1.82) is 0 Å². The van der Waals surface area contributed by atoms with Crippen molar-refractivity contribution >= 4 is 57.9 Å². The molecule has 52 heavy (non-hydrogen) atoms. The van der Waals surface area contributed by atoms with Crippen LogP contribution >= 0.6 is 7.60 Å². The van der Waals surface area contributed by atoms with E-state index in [2.05, 4.69) is 18.4 Å². The maximum Gasteiger partial charge on any atom is 0.356 e. The summed E-state index contributed by atoms with van der Waals surface area (Å²) in [5.74, 6) is -1.71. The largest absolute Gasteiger partial charge is 0.356 e. The molecule has 2 amide bonds. The van der Waals surface area contributed by atoms with Crippen molar-refractivity contribution in [2.24, 2.45) is 0 Å². The number of carbonyl (C=O) groups is 3. The van der Waals surface area contributed by atoms with Crippen molar-refractivity contribution in [1.82, 2.24) is 9.55 Å². The van der Waals surface area contributed by atoms with E-state index in [4.69, 9.17) is 4.84 Å². The minimum absolute atomic E-state index is 0.0241. The van der Waals surface area contributed by atoms with Crippen LogP contribution in [0.25, 0.3) is 0 Å². The third kappa shape index (κ3) is 6.54. The fraction of sp³-hybridized carbons (Fsp3) is 0.459. The Morgan fingerprint density at radius 1 is 1.02 bits per heavy atom. The van der Waals surface area contributed by atoms with Gasteiger partial charge in [0, 0.05) is 61.8 Å². The van der Waals surface area contributed by atoms with Gasteiger partial charge in [0.15, 0.2) is 5.71 Å². The molecule has 0 aliphatic carbocycles. The summed E-state index contributed by atoms with van der Waals surface area (Å²) in [6, 6.07) is 12.5. The lowest BCUT2D eigenvalue weighted by atomic mass is 9.81. The van der Waals surface area contributed by atoms with Crippen molar-refractivity contribution < 1.29 is 51.1 Å². The third-order valence-corrected chi connectivity index (χ3v) is 13.3. The molecule has 1 spiro atoms. The molecular formula is C37H46N3O10PS+2. The highest BCUT2D eigenvalue weighted by atomic mass is 32.2. The molecule has 2 atom stereocenters. The van der Waals surface area contributed by atoms with Gasteiger partial charge in [0.1, 0.15) is 17.9 Å². The summed E-state index contributed by atoms with van der Waals surface area (Å²) in [7, 11) is -8.94. The minimum atomic E-state index is -4.54. The smallest absolute Gasteiger partial charge is 0.330 e. The first-order valence-corrected chi connectivity index (χ1v) is 20.7. The van der Waals surface area contributed by atoms with Crippen LogP contribution in [0.5, 0.6) is 0 Å². The van der Waals surface area contributed by atoms with Gasteiger partial charge in [-0.1, -0.05) is 24.3 Å². The Hall–Kier alpha value is -3.78. The Morgan fingerprint density at radius 2 is 1.71 bits per heavy atom. The number of fused-ring (bicyclic) bond motifs is 3. The van der Waals surface area contributed by atoms with E-state index in [0.29, 0.717) is 50.3 Å². The quantitative estimate of drug-likeness (QED) is 0.0722. The number of benzene rings is 2. The van der Waals surface area contributed by atoms with Crippen molar-refractivity contribution in [3.05, 3.63) is 77.5 Å². The van der Waals surface area contributed by atoms with Crippen molar-refractivity contribution in [2.75, 3.05) is 13.1 Å². The van der Waals surface area contributed by atoms with Gasteiger partial charge >= 0.3 is 23.7 Å². The molecule has 6 rings (SSSR count). The van der Waals surface area contributed by atoms with Gasteiger partial charge < -0.3 is 14.6 Å². The van der Waals surface area contributed by atoms with Gasteiger partial charge in [0.05, 0.1) is 22.7 Å². The van der Waals surface area contributed by atoms with E-state index in [1.54, 1.807) is 12.1 Å². The lowest BCUT2D eigenvalue weighted by Gasteiger charge is -2.37. The maximum atomic E-state index is 12.9. The summed E-state index contributed by atoms with van der Waals surface area (Å²) in [6.07, 6.45) is 8.55. The summed E-state index contributed by atoms with van der Waals surface area (Å²) in [5, 5.41) is -0.574. The number of nitrogens with zero attached hydrogens (tertiary/aromatic N) is 3. The summed E-state index contributed by atoms with van der Waals surface area (Å²) in [5.41, 5.74) is 3.87. The fourth-order valence-corrected chi connectivity index (χ4v) is 10.4. The molecular weight excluding hydrogens is 709 g/mol. The van der Waals surface area contributed by atoms with Gasteiger partial charge in [-0.25, -0.2) is 9.28 Å². The molecule has 4 aliphatic rings. The molecule has 2 aromatic carbocycles. The van der Waals surface area contributed by atoms with Crippen molar-refractivity contribution in [3.63, 3.8) is 0 Å². The molecule has 15 heteroatoms. The molecule has 0 aromatic heterocycles. The number of unbranched alkanes of at least 4 members (excludes halogenated alkanes) is 2. The van der Waals surface area contributed by atoms with Gasteiger partial charge in [-0.2, -0.15) is 13.0 Å². The van der Waals surface area contributed by atoms with E-state index in [0.717, 1.165) is 33.9 Å². The number of hydrogen-bond donors (Lipinski definition) is 3. The van der Waals surface area contributed by atoms with Crippen molar-refractivity contribution in [2.45, 2.75) is 95.3 Å². The van der Waals surface area contributed by atoms with Crippen LogP contribution in [0.3, 0.4) is 0 Å². The second-order valence-electron chi connectivity index (χ2n) is 15.0. The van der Waals surface area contributed by atoms with Crippen LogP contribution in [0.1, 0.15) is 90.2 Å². The number of amides is 2. The number of imide groups is 1. The van der Waals surface area contributed by atoms with Crippen LogP contribution in [0, 0.1) is 0 Å². The van der Waals surface area contributed by atoms with Crippen LogP contribution in [-0.4, -0.2) is 74.4 Å². The number of hydroxylamine groups is 2. The van der Waals surface area contributed by atoms with Crippen LogP contribution in [0.15, 0.2) is 66.4 Å². The zero-order chi connectivity index (χ0) is 37.9. The number of hydrogen-bond acceptors (Lipinski definition) is 7. The Morgan fingerprint density at radius 3 is 2.38 bits per heavy atom. The number of carbonyl (C=O) groups excluding carboxylic acids is 3. The first kappa shape index (κ1) is 38.0. The van der Waals surface area contributed by atoms with E-state index in [9.17, 15) is 41.7 Å². The van der Waals surface area contributed by atoms with Gasteiger partial charge in [-0.05, 0) is 64.8 Å². The van der Waals surface area contributed by atoms with Gasteiger partial charge in [0.2, 0.25) is 11.1 Å². The molecule has 0 bridgehead atoms. The van der Waals surface area contributed by atoms with Crippen LogP contribution in [0.4, 0.5) is 11.4 Å². The normalized spacial score (nSPS) is 24.5. The number of allylic oxidation sites excluding steroid dienone is 4. The highest BCUT2D eigenvalue weighted by molar-refractivity contribution is 7.86. The fourth-order valence-electron chi connectivity index (χ4n) is 8.60. The molecule has 4 heterocycles. The molecule has 278 valence electrons. The third-order valence-electron chi connectivity index (χ3n) is 11.1. The average molecular weight is 756 g/mol. The maximum absolute atomic E-state index is 12.9. The monoisotopic (exact) mass is 755 g/mol. The Labute approximate surface area is 303 Å². The Bertz CT molecular complexity index is 2080. The van der Waals surface area contributed by atoms with Crippen LogP contribution < -0.4 is 9.79 Å². The summed E-state index contributed by atoms with van der Waals surface area (Å²) in [6.45, 7) is 9.13. The molecule has 2 saturated heterocycles. The minimum Gasteiger partial charge on any atom is -0.330 e. The SMILES string of the molecule is CC1(C)C(/C=C/C=C2\C(C)(C)c3ccccc3[N+]23CCCC3S(=O)(=O)O)=[N+](CCCCCC(=O)ON2C(=O)CCC2=O)c2ccc(P(=O)(O)O)cc21. The summed E-state index contributed by atoms with van der Waals surface area (Å²) < 4.78 is 50.6. The lowest BCUT2D eigenvalue weighted by molar-refractivity contribution is -0.438. The van der Waals surface area contributed by atoms with Crippen molar-refractivity contribution in [3.8, 4) is 0 Å². The van der Waals surface area contributed by atoms with E-state index in [-0.39, 0.29) is 29.1 Å². The van der Waals surface area contributed by atoms with E-state index in [1.165, 1.54) is 6.07 Å². The number of rotatable bonds is 11. The second-order valence-corrected chi connectivity index (χ2v) is 18.2. The molecule has 2 fully saturated rings. The standard InChI is InChI=1S/C37H44N3O10PS/c1-36(2)27-24-25(51(44,45)46)18-19-28(27)38(22-9-5-6-17-35(43)50-39-32(41)20-21-33(39)42)30(36)14-10-15-31-37(3,4)26-12-7-8-13-29(26)40(31)23-11-16-34(40)52(47,48)49/h7-8,10,12-15,18-19,24,34H,5-6,9,11,16-17,20-23H2,1-4H3,(H-2,44,45,46,47,48,49)/p+2/b14-10+,31-15+. The van der Waals surface area contributed by atoms with E-state index < -0.39 is 51.7 Å². The number of quaternary nitrogens is 1. The van der Waals surface area contributed by atoms with Crippen LogP contribution in [0.2, 0.25) is 0 Å². The number of para-hydroxylation sites is 1. The Balaban J connectivity index is 1.31. The molecule has 0 saturated carbocycles. The van der Waals surface area contributed by atoms with Gasteiger partial charge in [-0.15, -0.1) is 5.06 Å². The topological polar surface area (TPSA) is 179 Å². The summed E-state index contributed by atoms with van der Waals surface area (Å²) >= 11 is 0. The molecule has 4 aliphatic heterocycles. The Kier molecular flexibility index (Phi) is 9.91. The predicted molar refractivity (Wildman–Crippen MR) is 195 cm³/mol.